The fourth-order valence-electron chi connectivity index (χ4n) is 3.14. The fraction of sp³-hybridized carbons (Fsp3) is 0.529. The van der Waals surface area contributed by atoms with E-state index < -0.39 is 0 Å². The number of aromatic nitrogens is 2. The maximum atomic E-state index is 12.7. The minimum atomic E-state index is -0.00417. The molecule has 6 heteroatoms. The van der Waals surface area contributed by atoms with Crippen molar-refractivity contribution in [3.63, 3.8) is 0 Å². The lowest BCUT2D eigenvalue weighted by molar-refractivity contribution is 0.0335. The van der Waals surface area contributed by atoms with Crippen molar-refractivity contribution < 1.29 is 9.90 Å². The molecule has 0 saturated carbocycles. The number of rotatable bonds is 4. The summed E-state index contributed by atoms with van der Waals surface area (Å²) in [6.07, 6.45) is 4.53. The average molecular weight is 333 g/mol. The van der Waals surface area contributed by atoms with Crippen molar-refractivity contribution in [1.82, 2.24) is 14.9 Å². The van der Waals surface area contributed by atoms with E-state index in [1.165, 1.54) is 0 Å². The van der Waals surface area contributed by atoms with Crippen molar-refractivity contribution in [2.24, 2.45) is 5.41 Å². The van der Waals surface area contributed by atoms with Crippen LogP contribution in [0.4, 0.5) is 0 Å². The highest BCUT2D eigenvalue weighted by Gasteiger charge is 2.34. The first kappa shape index (κ1) is 16.2. The molecular weight excluding hydrogens is 310 g/mol. The van der Waals surface area contributed by atoms with E-state index in [1.807, 2.05) is 29.5 Å². The topological polar surface area (TPSA) is 69.2 Å². The van der Waals surface area contributed by atoms with E-state index in [2.05, 4.69) is 16.9 Å². The van der Waals surface area contributed by atoms with Gasteiger partial charge in [-0.05, 0) is 37.7 Å². The first-order valence-electron chi connectivity index (χ1n) is 8.08. The molecule has 124 valence electrons. The lowest BCUT2D eigenvalue weighted by Gasteiger charge is -2.40. The lowest BCUT2D eigenvalue weighted by atomic mass is 9.77. The van der Waals surface area contributed by atoms with E-state index >= 15 is 0 Å². The van der Waals surface area contributed by atoms with Crippen molar-refractivity contribution in [3.8, 4) is 11.3 Å². The van der Waals surface area contributed by atoms with Crippen LogP contribution in [0.1, 0.15) is 41.7 Å². The van der Waals surface area contributed by atoms with E-state index in [4.69, 9.17) is 0 Å². The summed E-state index contributed by atoms with van der Waals surface area (Å²) < 4.78 is 0. The first-order valence-corrected chi connectivity index (χ1v) is 8.96. The molecule has 0 aliphatic carbocycles. The second kappa shape index (κ2) is 6.45. The Morgan fingerprint density at radius 2 is 2.22 bits per heavy atom. The number of H-pyrrole nitrogens is 1. The smallest absolute Gasteiger partial charge is 0.270 e. The summed E-state index contributed by atoms with van der Waals surface area (Å²) in [4.78, 5) is 22.1. The predicted molar refractivity (Wildman–Crippen MR) is 91.6 cm³/mol. The van der Waals surface area contributed by atoms with Crippen LogP contribution in [-0.4, -0.2) is 45.6 Å². The summed E-state index contributed by atoms with van der Waals surface area (Å²) in [7, 11) is 0. The molecule has 3 rings (SSSR count). The van der Waals surface area contributed by atoms with Gasteiger partial charge in [-0.25, -0.2) is 4.98 Å². The molecule has 2 aromatic rings. The van der Waals surface area contributed by atoms with Gasteiger partial charge in [0.25, 0.3) is 5.91 Å². The molecule has 0 radical (unpaired) electrons. The van der Waals surface area contributed by atoms with Crippen LogP contribution in [0, 0.1) is 12.3 Å². The third kappa shape index (κ3) is 3.19. The number of likely N-dealkylation sites (tertiary alicyclic amines) is 1. The third-order valence-corrected chi connectivity index (χ3v) is 5.80. The summed E-state index contributed by atoms with van der Waals surface area (Å²) in [5.41, 5.74) is 2.47. The molecule has 1 fully saturated rings. The maximum absolute atomic E-state index is 12.7. The number of piperidine rings is 1. The van der Waals surface area contributed by atoms with Crippen LogP contribution in [0.5, 0.6) is 0 Å². The van der Waals surface area contributed by atoms with Crippen molar-refractivity contribution in [3.05, 3.63) is 28.3 Å². The Morgan fingerprint density at radius 3 is 2.78 bits per heavy atom. The van der Waals surface area contributed by atoms with Crippen LogP contribution in [0.15, 0.2) is 17.6 Å². The number of nitrogens with zero attached hydrogens (tertiary/aromatic N) is 2. The number of aliphatic hydroxyl groups is 1. The van der Waals surface area contributed by atoms with Gasteiger partial charge in [0.1, 0.15) is 5.69 Å². The van der Waals surface area contributed by atoms with Gasteiger partial charge in [-0.1, -0.05) is 6.92 Å². The number of carbonyl (C=O) groups excluding carboxylic acids is 1. The monoisotopic (exact) mass is 333 g/mol. The molecule has 0 bridgehead atoms. The number of aryl methyl sites for hydroxylation is 1. The number of hydrogen-bond acceptors (Lipinski definition) is 4. The summed E-state index contributed by atoms with van der Waals surface area (Å²) in [5.74, 6) is 0.0332. The Balaban J connectivity index is 1.69. The van der Waals surface area contributed by atoms with Crippen molar-refractivity contribution in [1.29, 1.82) is 0 Å². The molecule has 0 unspecified atom stereocenters. The Hall–Kier alpha value is -1.66. The SMILES string of the molecule is CCC1(CO)CCN(C(=O)c2cc(-c3csc(C)n3)c[nH]2)CC1. The zero-order valence-corrected chi connectivity index (χ0v) is 14.4. The van der Waals surface area contributed by atoms with Gasteiger partial charge in [-0.15, -0.1) is 11.3 Å². The Kier molecular flexibility index (Phi) is 4.55. The van der Waals surface area contributed by atoms with Gasteiger partial charge in [0.15, 0.2) is 0 Å². The highest BCUT2D eigenvalue weighted by Crippen LogP contribution is 2.34. The summed E-state index contributed by atoms with van der Waals surface area (Å²) >= 11 is 1.61. The largest absolute Gasteiger partial charge is 0.396 e. The van der Waals surface area contributed by atoms with Crippen LogP contribution in [0.2, 0.25) is 0 Å². The normalized spacial score (nSPS) is 17.4. The Bertz CT molecular complexity index is 678. The molecule has 1 amide bonds. The number of hydrogen-bond donors (Lipinski definition) is 2. The maximum Gasteiger partial charge on any atom is 0.270 e. The molecule has 2 N–H and O–H groups in total. The van der Waals surface area contributed by atoms with Crippen molar-refractivity contribution in [2.45, 2.75) is 33.1 Å². The molecule has 2 aromatic heterocycles. The second-order valence-electron chi connectivity index (χ2n) is 6.36. The van der Waals surface area contributed by atoms with Crippen LogP contribution < -0.4 is 0 Å². The number of nitrogens with one attached hydrogen (secondary N) is 1. The van der Waals surface area contributed by atoms with Gasteiger partial charge in [-0.2, -0.15) is 0 Å². The van der Waals surface area contributed by atoms with E-state index in [0.29, 0.717) is 18.8 Å². The number of carbonyl (C=O) groups is 1. The summed E-state index contributed by atoms with van der Waals surface area (Å²) in [6, 6.07) is 1.88. The lowest BCUT2D eigenvalue weighted by Crippen LogP contribution is -2.44. The second-order valence-corrected chi connectivity index (χ2v) is 7.42. The average Bonchev–Trinajstić information content (AvgIpc) is 3.23. The zero-order valence-electron chi connectivity index (χ0n) is 13.6. The van der Waals surface area contributed by atoms with E-state index in [1.54, 1.807) is 11.3 Å². The van der Waals surface area contributed by atoms with Crippen molar-refractivity contribution >= 4 is 17.2 Å². The van der Waals surface area contributed by atoms with Gasteiger partial charge < -0.3 is 15.0 Å². The van der Waals surface area contributed by atoms with Crippen molar-refractivity contribution in [2.75, 3.05) is 19.7 Å². The highest BCUT2D eigenvalue weighted by molar-refractivity contribution is 7.09. The summed E-state index contributed by atoms with van der Waals surface area (Å²) in [6.45, 7) is 5.71. The molecule has 1 aliphatic heterocycles. The molecular formula is C17H23N3O2S. The molecule has 23 heavy (non-hydrogen) atoms. The van der Waals surface area contributed by atoms with Gasteiger partial charge in [0, 0.05) is 36.8 Å². The fourth-order valence-corrected chi connectivity index (χ4v) is 3.76. The minimum Gasteiger partial charge on any atom is -0.396 e. The van der Waals surface area contributed by atoms with Crippen LogP contribution >= 0.6 is 11.3 Å². The third-order valence-electron chi connectivity index (χ3n) is 5.02. The number of thiazole rings is 1. The molecule has 0 atom stereocenters. The van der Waals surface area contributed by atoms with E-state index in [9.17, 15) is 9.90 Å². The highest BCUT2D eigenvalue weighted by atomic mass is 32.1. The Morgan fingerprint density at radius 1 is 1.48 bits per heavy atom. The van der Waals surface area contributed by atoms with Gasteiger partial charge >= 0.3 is 0 Å². The van der Waals surface area contributed by atoms with Gasteiger partial charge in [0.05, 0.1) is 10.7 Å². The molecule has 1 saturated heterocycles. The van der Waals surface area contributed by atoms with Crippen LogP contribution in [0.3, 0.4) is 0 Å². The van der Waals surface area contributed by atoms with E-state index in [-0.39, 0.29) is 17.9 Å². The van der Waals surface area contributed by atoms with Gasteiger partial charge in [0.2, 0.25) is 0 Å². The van der Waals surface area contributed by atoms with Crippen LogP contribution in [0.25, 0.3) is 11.3 Å². The molecule has 0 aromatic carbocycles. The number of aliphatic hydroxyl groups excluding tert-OH is 1. The summed E-state index contributed by atoms with van der Waals surface area (Å²) in [5, 5.41) is 12.6. The first-order chi connectivity index (χ1) is 11.1. The standard InChI is InChI=1S/C17H23N3O2S/c1-3-17(11-21)4-6-20(7-5-17)16(22)14-8-13(9-18-14)15-10-23-12(2)19-15/h8-10,18,21H,3-7,11H2,1-2H3. The number of amides is 1. The Labute approximate surface area is 140 Å². The quantitative estimate of drug-likeness (QED) is 0.903. The van der Waals surface area contributed by atoms with E-state index in [0.717, 1.165) is 35.5 Å². The molecule has 3 heterocycles. The zero-order chi connectivity index (χ0) is 16.4. The molecule has 5 nitrogen and oxygen atoms in total. The van der Waals surface area contributed by atoms with Crippen LogP contribution in [-0.2, 0) is 0 Å². The number of aromatic amines is 1. The molecule has 0 spiro atoms. The predicted octanol–water partition coefficient (Wildman–Crippen LogP) is 3.07. The molecule has 1 aliphatic rings. The minimum absolute atomic E-state index is 0.00417. The van der Waals surface area contributed by atoms with Gasteiger partial charge in [-0.3, -0.25) is 4.79 Å².